The minimum absolute atomic E-state index is 0.744. The van der Waals surface area contributed by atoms with E-state index in [9.17, 15) is 0 Å². The average Bonchev–Trinajstić information content (AvgIpc) is 2.96. The fourth-order valence-electron chi connectivity index (χ4n) is 3.98. The van der Waals surface area contributed by atoms with Gasteiger partial charge in [-0.1, -0.05) is 40.0 Å². The van der Waals surface area contributed by atoms with Gasteiger partial charge in [-0.05, 0) is 56.5 Å². The second-order valence-corrected chi connectivity index (χ2v) is 7.61. The van der Waals surface area contributed by atoms with Crippen molar-refractivity contribution >= 4 is 0 Å². The molecule has 2 heteroatoms. The van der Waals surface area contributed by atoms with Crippen LogP contribution in [0.15, 0.2) is 0 Å². The van der Waals surface area contributed by atoms with Crippen LogP contribution in [-0.4, -0.2) is 37.1 Å². The summed E-state index contributed by atoms with van der Waals surface area (Å²) in [5.41, 5.74) is 0. The van der Waals surface area contributed by atoms with E-state index in [-0.39, 0.29) is 0 Å². The van der Waals surface area contributed by atoms with E-state index in [1.165, 1.54) is 71.1 Å². The molecule has 2 aliphatic rings. The number of piperidine rings is 1. The Morgan fingerprint density at radius 3 is 2.55 bits per heavy atom. The number of hydrogen-bond donors (Lipinski definition) is 1. The Bertz CT molecular complexity index is 258. The molecule has 2 rings (SSSR count). The van der Waals surface area contributed by atoms with Crippen LogP contribution in [0.25, 0.3) is 0 Å². The van der Waals surface area contributed by atoms with Gasteiger partial charge in [0.05, 0.1) is 0 Å². The zero-order valence-electron chi connectivity index (χ0n) is 14.0. The van der Waals surface area contributed by atoms with Gasteiger partial charge in [-0.3, -0.25) is 0 Å². The molecule has 1 saturated carbocycles. The average molecular weight is 280 g/mol. The molecular weight excluding hydrogens is 244 g/mol. The summed E-state index contributed by atoms with van der Waals surface area (Å²) in [5.74, 6) is 2.69. The van der Waals surface area contributed by atoms with E-state index in [0.717, 1.165) is 23.8 Å². The molecule has 0 aromatic heterocycles. The van der Waals surface area contributed by atoms with Gasteiger partial charge in [-0.25, -0.2) is 0 Å². The minimum Gasteiger partial charge on any atom is -0.312 e. The second-order valence-electron chi connectivity index (χ2n) is 7.61. The van der Waals surface area contributed by atoms with Crippen LogP contribution in [0.4, 0.5) is 0 Å². The van der Waals surface area contributed by atoms with Crippen LogP contribution in [0, 0.1) is 17.8 Å². The van der Waals surface area contributed by atoms with Crippen LogP contribution in [-0.2, 0) is 0 Å². The number of nitrogens with zero attached hydrogens (tertiary/aromatic N) is 1. The molecule has 0 aromatic rings. The zero-order valence-corrected chi connectivity index (χ0v) is 14.0. The molecule has 1 N–H and O–H groups in total. The molecule has 2 nitrogen and oxygen atoms in total. The molecule has 1 aliphatic carbocycles. The second kappa shape index (κ2) is 8.38. The molecular formula is C18H36N2. The van der Waals surface area contributed by atoms with Crippen molar-refractivity contribution in [2.45, 2.75) is 71.8 Å². The predicted octanol–water partition coefficient (Wildman–Crippen LogP) is 3.91. The fraction of sp³-hybridized carbons (Fsp3) is 1.00. The highest BCUT2D eigenvalue weighted by Crippen LogP contribution is 2.26. The van der Waals surface area contributed by atoms with Crippen molar-refractivity contribution in [3.05, 3.63) is 0 Å². The Balaban J connectivity index is 1.79. The van der Waals surface area contributed by atoms with Crippen molar-refractivity contribution in [1.29, 1.82) is 0 Å². The Hall–Kier alpha value is -0.0800. The first kappa shape index (κ1) is 16.3. The third-order valence-electron chi connectivity index (χ3n) is 5.50. The number of hydrogen-bond acceptors (Lipinski definition) is 2. The summed E-state index contributed by atoms with van der Waals surface area (Å²) in [4.78, 5) is 2.73. The SMILES string of the molecule is CCCCN1CC(NCC2CCCC2)CC(C(C)C)C1. The summed E-state index contributed by atoms with van der Waals surface area (Å²) < 4.78 is 0. The first-order valence-electron chi connectivity index (χ1n) is 9.14. The Kier molecular flexibility index (Phi) is 6.83. The van der Waals surface area contributed by atoms with Crippen LogP contribution in [0.2, 0.25) is 0 Å². The minimum atomic E-state index is 0.744. The molecule has 0 amide bonds. The quantitative estimate of drug-likeness (QED) is 0.760. The van der Waals surface area contributed by atoms with Gasteiger partial charge in [0.1, 0.15) is 0 Å². The lowest BCUT2D eigenvalue weighted by Gasteiger charge is -2.40. The molecule has 1 aliphatic heterocycles. The summed E-state index contributed by atoms with van der Waals surface area (Å²) in [6.07, 6.45) is 9.94. The molecule has 2 fully saturated rings. The Morgan fingerprint density at radius 2 is 1.90 bits per heavy atom. The lowest BCUT2D eigenvalue weighted by atomic mass is 9.85. The van der Waals surface area contributed by atoms with Crippen molar-refractivity contribution in [3.63, 3.8) is 0 Å². The molecule has 0 aromatic carbocycles. The molecule has 20 heavy (non-hydrogen) atoms. The van der Waals surface area contributed by atoms with Gasteiger partial charge < -0.3 is 10.2 Å². The first-order chi connectivity index (χ1) is 9.69. The number of nitrogens with one attached hydrogen (secondary N) is 1. The highest BCUT2D eigenvalue weighted by atomic mass is 15.2. The first-order valence-corrected chi connectivity index (χ1v) is 9.14. The summed E-state index contributed by atoms with van der Waals surface area (Å²) in [6.45, 7) is 12.3. The number of unbranched alkanes of at least 4 members (excludes halogenated alkanes) is 1. The molecule has 0 bridgehead atoms. The van der Waals surface area contributed by atoms with Crippen LogP contribution in [0.3, 0.4) is 0 Å². The largest absolute Gasteiger partial charge is 0.312 e. The Labute approximate surface area is 126 Å². The summed E-state index contributed by atoms with van der Waals surface area (Å²) in [7, 11) is 0. The highest BCUT2D eigenvalue weighted by Gasteiger charge is 2.29. The summed E-state index contributed by atoms with van der Waals surface area (Å²) in [6, 6.07) is 0.744. The van der Waals surface area contributed by atoms with Crippen molar-refractivity contribution in [2.24, 2.45) is 17.8 Å². The predicted molar refractivity (Wildman–Crippen MR) is 88.0 cm³/mol. The maximum Gasteiger partial charge on any atom is 0.0198 e. The molecule has 2 atom stereocenters. The number of rotatable bonds is 7. The van der Waals surface area contributed by atoms with Crippen molar-refractivity contribution < 1.29 is 0 Å². The van der Waals surface area contributed by atoms with Crippen molar-refractivity contribution in [1.82, 2.24) is 10.2 Å². The smallest absolute Gasteiger partial charge is 0.0198 e. The van der Waals surface area contributed by atoms with Gasteiger partial charge in [0.2, 0.25) is 0 Å². The summed E-state index contributed by atoms with van der Waals surface area (Å²) >= 11 is 0. The monoisotopic (exact) mass is 280 g/mol. The van der Waals surface area contributed by atoms with Crippen LogP contribution in [0.1, 0.15) is 65.7 Å². The molecule has 2 unspecified atom stereocenters. The third kappa shape index (κ3) is 5.04. The van der Waals surface area contributed by atoms with Gasteiger partial charge in [0.25, 0.3) is 0 Å². The third-order valence-corrected chi connectivity index (χ3v) is 5.50. The van der Waals surface area contributed by atoms with Gasteiger partial charge in [0, 0.05) is 19.1 Å². The molecule has 1 heterocycles. The van der Waals surface area contributed by atoms with Crippen molar-refractivity contribution in [2.75, 3.05) is 26.2 Å². The molecule has 0 radical (unpaired) electrons. The van der Waals surface area contributed by atoms with Crippen LogP contribution >= 0.6 is 0 Å². The maximum atomic E-state index is 3.91. The summed E-state index contributed by atoms with van der Waals surface area (Å²) in [5, 5.41) is 3.91. The van der Waals surface area contributed by atoms with Crippen LogP contribution < -0.4 is 5.32 Å². The van der Waals surface area contributed by atoms with Crippen LogP contribution in [0.5, 0.6) is 0 Å². The fourth-order valence-corrected chi connectivity index (χ4v) is 3.98. The van der Waals surface area contributed by atoms with Gasteiger partial charge in [0.15, 0.2) is 0 Å². The van der Waals surface area contributed by atoms with Gasteiger partial charge in [-0.2, -0.15) is 0 Å². The topological polar surface area (TPSA) is 15.3 Å². The molecule has 1 saturated heterocycles. The normalized spacial score (nSPS) is 29.4. The lowest BCUT2D eigenvalue weighted by Crippen LogP contribution is -2.51. The lowest BCUT2D eigenvalue weighted by molar-refractivity contribution is 0.112. The van der Waals surface area contributed by atoms with Gasteiger partial charge >= 0.3 is 0 Å². The van der Waals surface area contributed by atoms with E-state index in [2.05, 4.69) is 31.0 Å². The zero-order chi connectivity index (χ0) is 14.4. The molecule has 118 valence electrons. The van der Waals surface area contributed by atoms with E-state index >= 15 is 0 Å². The van der Waals surface area contributed by atoms with E-state index in [4.69, 9.17) is 0 Å². The molecule has 0 spiro atoms. The van der Waals surface area contributed by atoms with E-state index in [1.54, 1.807) is 0 Å². The number of likely N-dealkylation sites (tertiary alicyclic amines) is 1. The Morgan fingerprint density at radius 1 is 1.15 bits per heavy atom. The van der Waals surface area contributed by atoms with E-state index < -0.39 is 0 Å². The van der Waals surface area contributed by atoms with E-state index in [1.807, 2.05) is 0 Å². The highest BCUT2D eigenvalue weighted by molar-refractivity contribution is 4.85. The van der Waals surface area contributed by atoms with Gasteiger partial charge in [-0.15, -0.1) is 0 Å². The maximum absolute atomic E-state index is 3.91. The van der Waals surface area contributed by atoms with E-state index in [0.29, 0.717) is 0 Å². The van der Waals surface area contributed by atoms with Crippen molar-refractivity contribution in [3.8, 4) is 0 Å². The standard InChI is InChI=1S/C18H36N2/c1-4-5-10-20-13-17(15(2)3)11-18(14-20)19-12-16-8-6-7-9-16/h15-19H,4-14H2,1-3H3.